The highest BCUT2D eigenvalue weighted by Gasteiger charge is 2.26. The molecule has 2 rings (SSSR count). The van der Waals surface area contributed by atoms with E-state index in [9.17, 15) is 0 Å². The lowest BCUT2D eigenvalue weighted by Crippen LogP contribution is -2.45. The molecule has 1 heterocycles. The molecule has 20 heavy (non-hydrogen) atoms. The normalized spacial score (nSPS) is 19.4. The fourth-order valence-corrected chi connectivity index (χ4v) is 3.25. The Hall–Kier alpha value is -0.610. The standard InChI is InChI=1S/C16H26ClN3/c1-3-20-10-8-15(9-11-20)19(2)16(12-18)13-4-6-14(17)7-5-13/h4-7,15-16H,3,8-12,18H2,1-2H3. The van der Waals surface area contributed by atoms with E-state index in [0.29, 0.717) is 12.6 Å². The number of hydrogen-bond donors (Lipinski definition) is 1. The number of benzene rings is 1. The Morgan fingerprint density at radius 3 is 2.40 bits per heavy atom. The van der Waals surface area contributed by atoms with E-state index in [-0.39, 0.29) is 6.04 Å². The number of halogens is 1. The molecular weight excluding hydrogens is 270 g/mol. The number of hydrogen-bond acceptors (Lipinski definition) is 3. The van der Waals surface area contributed by atoms with Gasteiger partial charge in [0.2, 0.25) is 0 Å². The van der Waals surface area contributed by atoms with Crippen molar-refractivity contribution in [3.63, 3.8) is 0 Å². The summed E-state index contributed by atoms with van der Waals surface area (Å²) < 4.78 is 0. The molecule has 3 nitrogen and oxygen atoms in total. The number of nitrogens with zero attached hydrogens (tertiary/aromatic N) is 2. The number of rotatable bonds is 5. The van der Waals surface area contributed by atoms with Gasteiger partial charge in [0.25, 0.3) is 0 Å². The number of likely N-dealkylation sites (tertiary alicyclic amines) is 1. The van der Waals surface area contributed by atoms with Crippen LogP contribution in [0.2, 0.25) is 5.02 Å². The molecule has 1 unspecified atom stereocenters. The van der Waals surface area contributed by atoms with E-state index >= 15 is 0 Å². The second kappa shape index (κ2) is 7.41. The zero-order chi connectivity index (χ0) is 14.5. The first-order valence-corrected chi connectivity index (χ1v) is 7.93. The maximum atomic E-state index is 6.02. The van der Waals surface area contributed by atoms with Gasteiger partial charge in [-0.2, -0.15) is 0 Å². The second-order valence-corrected chi connectivity index (χ2v) is 6.07. The first-order chi connectivity index (χ1) is 9.65. The van der Waals surface area contributed by atoms with Crippen LogP contribution in [0.3, 0.4) is 0 Å². The SMILES string of the molecule is CCN1CCC(N(C)C(CN)c2ccc(Cl)cc2)CC1. The molecule has 112 valence electrons. The maximum absolute atomic E-state index is 6.02. The van der Waals surface area contributed by atoms with Crippen molar-refractivity contribution in [3.05, 3.63) is 34.9 Å². The Balaban J connectivity index is 2.02. The van der Waals surface area contributed by atoms with Crippen LogP contribution < -0.4 is 5.73 Å². The molecule has 1 fully saturated rings. The van der Waals surface area contributed by atoms with Gasteiger partial charge in [-0.15, -0.1) is 0 Å². The number of likely N-dealkylation sites (N-methyl/N-ethyl adjacent to an activating group) is 1. The minimum atomic E-state index is 0.283. The monoisotopic (exact) mass is 295 g/mol. The molecule has 4 heteroatoms. The van der Waals surface area contributed by atoms with Gasteiger partial charge in [0.1, 0.15) is 0 Å². The topological polar surface area (TPSA) is 32.5 Å². The molecule has 0 aliphatic carbocycles. The zero-order valence-corrected chi connectivity index (χ0v) is 13.3. The van der Waals surface area contributed by atoms with E-state index in [2.05, 4.69) is 35.9 Å². The van der Waals surface area contributed by atoms with Gasteiger partial charge in [0.05, 0.1) is 0 Å². The summed E-state index contributed by atoms with van der Waals surface area (Å²) in [4.78, 5) is 4.97. The van der Waals surface area contributed by atoms with Crippen molar-refractivity contribution >= 4 is 11.6 Å². The van der Waals surface area contributed by atoms with Crippen LogP contribution in [0, 0.1) is 0 Å². The van der Waals surface area contributed by atoms with Crippen molar-refractivity contribution in [2.24, 2.45) is 5.73 Å². The zero-order valence-electron chi connectivity index (χ0n) is 12.6. The summed E-state index contributed by atoms with van der Waals surface area (Å²) in [5.74, 6) is 0. The highest BCUT2D eigenvalue weighted by Crippen LogP contribution is 2.26. The average molecular weight is 296 g/mol. The fraction of sp³-hybridized carbons (Fsp3) is 0.625. The van der Waals surface area contributed by atoms with Crippen LogP contribution >= 0.6 is 11.6 Å². The number of piperidine rings is 1. The van der Waals surface area contributed by atoms with Gasteiger partial charge in [0, 0.05) is 23.7 Å². The third kappa shape index (κ3) is 3.73. The van der Waals surface area contributed by atoms with E-state index < -0.39 is 0 Å². The van der Waals surface area contributed by atoms with Crippen LogP contribution in [0.1, 0.15) is 31.4 Å². The van der Waals surface area contributed by atoms with Crippen molar-refractivity contribution in [1.29, 1.82) is 0 Å². The van der Waals surface area contributed by atoms with Gasteiger partial charge in [-0.1, -0.05) is 30.7 Å². The van der Waals surface area contributed by atoms with Crippen LogP contribution in [0.25, 0.3) is 0 Å². The predicted octanol–water partition coefficient (Wildman–Crippen LogP) is 2.76. The van der Waals surface area contributed by atoms with Gasteiger partial charge < -0.3 is 10.6 Å². The highest BCUT2D eigenvalue weighted by molar-refractivity contribution is 6.30. The summed E-state index contributed by atoms with van der Waals surface area (Å²) in [6.07, 6.45) is 2.46. The molecule has 0 saturated carbocycles. The van der Waals surface area contributed by atoms with Crippen molar-refractivity contribution < 1.29 is 0 Å². The molecule has 0 amide bonds. The van der Waals surface area contributed by atoms with E-state index in [1.54, 1.807) is 0 Å². The van der Waals surface area contributed by atoms with Gasteiger partial charge >= 0.3 is 0 Å². The Bertz CT molecular complexity index is 399. The third-order valence-electron chi connectivity index (χ3n) is 4.55. The van der Waals surface area contributed by atoms with E-state index in [4.69, 9.17) is 17.3 Å². The maximum Gasteiger partial charge on any atom is 0.0470 e. The minimum Gasteiger partial charge on any atom is -0.329 e. The predicted molar refractivity (Wildman–Crippen MR) is 86.1 cm³/mol. The molecule has 1 aliphatic rings. The fourth-order valence-electron chi connectivity index (χ4n) is 3.12. The molecule has 1 saturated heterocycles. The lowest BCUT2D eigenvalue weighted by atomic mass is 9.98. The summed E-state index contributed by atoms with van der Waals surface area (Å²) in [7, 11) is 2.21. The van der Waals surface area contributed by atoms with Crippen LogP contribution in [-0.2, 0) is 0 Å². The second-order valence-electron chi connectivity index (χ2n) is 5.63. The van der Waals surface area contributed by atoms with Crippen LogP contribution in [0.15, 0.2) is 24.3 Å². The minimum absolute atomic E-state index is 0.283. The summed E-state index contributed by atoms with van der Waals surface area (Å²) in [6, 6.07) is 9.00. The molecule has 0 bridgehead atoms. The van der Waals surface area contributed by atoms with Crippen molar-refractivity contribution in [2.45, 2.75) is 31.8 Å². The van der Waals surface area contributed by atoms with E-state index in [1.165, 1.54) is 31.5 Å². The average Bonchev–Trinajstić information content (AvgIpc) is 2.50. The Morgan fingerprint density at radius 2 is 1.90 bits per heavy atom. The first-order valence-electron chi connectivity index (χ1n) is 7.55. The summed E-state index contributed by atoms with van der Waals surface area (Å²) in [5, 5.41) is 0.781. The molecule has 2 N–H and O–H groups in total. The van der Waals surface area contributed by atoms with E-state index in [0.717, 1.165) is 11.6 Å². The quantitative estimate of drug-likeness (QED) is 0.906. The Labute approximate surface area is 127 Å². The molecule has 1 aromatic carbocycles. The van der Waals surface area contributed by atoms with Gasteiger partial charge in [-0.3, -0.25) is 4.90 Å². The largest absolute Gasteiger partial charge is 0.329 e. The summed E-state index contributed by atoms with van der Waals surface area (Å²) in [5.41, 5.74) is 7.28. The molecule has 1 aromatic rings. The summed E-state index contributed by atoms with van der Waals surface area (Å²) in [6.45, 7) is 6.44. The molecular formula is C16H26ClN3. The Kier molecular flexibility index (Phi) is 5.85. The van der Waals surface area contributed by atoms with Crippen molar-refractivity contribution in [3.8, 4) is 0 Å². The van der Waals surface area contributed by atoms with Gasteiger partial charge in [-0.25, -0.2) is 0 Å². The van der Waals surface area contributed by atoms with Crippen LogP contribution in [-0.4, -0.2) is 49.1 Å². The van der Waals surface area contributed by atoms with Crippen molar-refractivity contribution in [1.82, 2.24) is 9.80 Å². The smallest absolute Gasteiger partial charge is 0.0470 e. The van der Waals surface area contributed by atoms with Crippen molar-refractivity contribution in [2.75, 3.05) is 33.2 Å². The molecule has 1 atom stereocenters. The molecule has 0 spiro atoms. The molecule has 0 radical (unpaired) electrons. The lowest BCUT2D eigenvalue weighted by molar-refractivity contribution is 0.101. The molecule has 0 aromatic heterocycles. The number of nitrogens with two attached hydrogens (primary N) is 1. The summed E-state index contributed by atoms with van der Waals surface area (Å²) >= 11 is 5.97. The van der Waals surface area contributed by atoms with Gasteiger partial charge in [0.15, 0.2) is 0 Å². The lowest BCUT2D eigenvalue weighted by Gasteiger charge is -2.40. The Morgan fingerprint density at radius 1 is 1.30 bits per heavy atom. The highest BCUT2D eigenvalue weighted by atomic mass is 35.5. The van der Waals surface area contributed by atoms with Gasteiger partial charge in [-0.05, 0) is 57.2 Å². The molecule has 1 aliphatic heterocycles. The van der Waals surface area contributed by atoms with Crippen LogP contribution in [0.4, 0.5) is 0 Å². The van der Waals surface area contributed by atoms with Crippen LogP contribution in [0.5, 0.6) is 0 Å². The first kappa shape index (κ1) is 15.8. The third-order valence-corrected chi connectivity index (χ3v) is 4.80. The van der Waals surface area contributed by atoms with E-state index in [1.807, 2.05) is 12.1 Å².